The van der Waals surface area contributed by atoms with Crippen LogP contribution in [0.25, 0.3) is 0 Å². The van der Waals surface area contributed by atoms with Crippen LogP contribution in [0.3, 0.4) is 0 Å². The Morgan fingerprint density at radius 1 is 1.22 bits per heavy atom. The van der Waals surface area contributed by atoms with Crippen LogP contribution >= 0.6 is 0 Å². The monoisotopic (exact) mass is 258 g/mol. The molecule has 1 fully saturated rings. The predicted molar refractivity (Wildman–Crippen MR) is 59.1 cm³/mol. The van der Waals surface area contributed by atoms with Crippen LogP contribution < -0.4 is 11.2 Å². The molecule has 0 radical (unpaired) electrons. The first-order chi connectivity index (χ1) is 8.52. The predicted octanol–water partition coefficient (Wildman–Crippen LogP) is -2.91. The highest BCUT2D eigenvalue weighted by Crippen LogP contribution is 2.22. The van der Waals surface area contributed by atoms with Crippen LogP contribution in [0.4, 0.5) is 0 Å². The van der Waals surface area contributed by atoms with Gasteiger partial charge in [-0.2, -0.15) is 0 Å². The second-order valence-electron chi connectivity index (χ2n) is 4.18. The molecular formula is C10H14N2O6. The van der Waals surface area contributed by atoms with Gasteiger partial charge < -0.3 is 25.0 Å². The van der Waals surface area contributed by atoms with Crippen LogP contribution in [0.15, 0.2) is 15.8 Å². The Bertz CT molecular complexity index is 524. The van der Waals surface area contributed by atoms with E-state index in [0.29, 0.717) is 0 Å². The number of rotatable bonds is 3. The van der Waals surface area contributed by atoms with Crippen LogP contribution in [-0.4, -0.2) is 56.3 Å². The van der Waals surface area contributed by atoms with Crippen molar-refractivity contribution in [3.63, 3.8) is 0 Å². The molecule has 0 saturated carbocycles. The molecule has 0 bridgehead atoms. The van der Waals surface area contributed by atoms with Crippen molar-refractivity contribution in [1.29, 1.82) is 0 Å². The Morgan fingerprint density at radius 3 is 2.44 bits per heavy atom. The maximum atomic E-state index is 11.4. The minimum Gasteiger partial charge on any atom is -0.394 e. The molecule has 1 aliphatic rings. The maximum Gasteiger partial charge on any atom is 0.325 e. The number of hydrogen-bond donors (Lipinski definition) is 5. The van der Waals surface area contributed by atoms with Gasteiger partial charge in [0.15, 0.2) is 0 Å². The van der Waals surface area contributed by atoms with E-state index in [2.05, 4.69) is 4.98 Å². The molecule has 0 amide bonds. The number of aliphatic hydroxyl groups is 3. The fraction of sp³-hybridized carbons (Fsp3) is 0.600. The van der Waals surface area contributed by atoms with Gasteiger partial charge in [0.05, 0.1) is 12.7 Å². The number of nitrogens with one attached hydrogen (secondary N) is 2. The zero-order chi connectivity index (χ0) is 13.3. The van der Waals surface area contributed by atoms with E-state index in [1.807, 2.05) is 4.98 Å². The second-order valence-corrected chi connectivity index (χ2v) is 4.18. The number of ether oxygens (including phenoxy) is 1. The Kier molecular flexibility index (Phi) is 3.62. The topological polar surface area (TPSA) is 136 Å². The fourth-order valence-electron chi connectivity index (χ4n) is 1.95. The van der Waals surface area contributed by atoms with Crippen molar-refractivity contribution in [3.8, 4) is 0 Å². The summed E-state index contributed by atoms with van der Waals surface area (Å²) < 4.78 is 5.23. The van der Waals surface area contributed by atoms with E-state index in [4.69, 9.17) is 9.84 Å². The summed E-state index contributed by atoms with van der Waals surface area (Å²) >= 11 is 0. The lowest BCUT2D eigenvalue weighted by atomic mass is 10.0. The van der Waals surface area contributed by atoms with Crippen molar-refractivity contribution in [1.82, 2.24) is 9.97 Å². The van der Waals surface area contributed by atoms with E-state index >= 15 is 0 Å². The van der Waals surface area contributed by atoms with Crippen molar-refractivity contribution in [3.05, 3.63) is 32.6 Å². The molecule has 5 N–H and O–H groups in total. The summed E-state index contributed by atoms with van der Waals surface area (Å²) in [6.07, 6.45) is -2.79. The Balaban J connectivity index is 2.15. The van der Waals surface area contributed by atoms with Crippen LogP contribution in [0.2, 0.25) is 0 Å². The van der Waals surface area contributed by atoms with E-state index < -0.39 is 42.3 Å². The van der Waals surface area contributed by atoms with Crippen molar-refractivity contribution in [2.75, 3.05) is 6.61 Å². The van der Waals surface area contributed by atoms with Gasteiger partial charge in [-0.1, -0.05) is 0 Å². The van der Waals surface area contributed by atoms with Gasteiger partial charge in [0.1, 0.15) is 18.3 Å². The van der Waals surface area contributed by atoms with E-state index in [-0.39, 0.29) is 12.0 Å². The lowest BCUT2D eigenvalue weighted by Crippen LogP contribution is -2.35. The van der Waals surface area contributed by atoms with Gasteiger partial charge in [0, 0.05) is 18.2 Å². The molecule has 1 unspecified atom stereocenters. The maximum absolute atomic E-state index is 11.4. The number of aromatic amines is 2. The average Bonchev–Trinajstić information content (AvgIpc) is 2.60. The van der Waals surface area contributed by atoms with Crippen molar-refractivity contribution < 1.29 is 20.1 Å². The lowest BCUT2D eigenvalue weighted by Gasteiger charge is -2.13. The smallest absolute Gasteiger partial charge is 0.325 e. The van der Waals surface area contributed by atoms with Gasteiger partial charge in [0.2, 0.25) is 0 Å². The highest BCUT2D eigenvalue weighted by atomic mass is 16.6. The summed E-state index contributed by atoms with van der Waals surface area (Å²) in [4.78, 5) is 26.6. The highest BCUT2D eigenvalue weighted by Gasteiger charge is 2.42. The lowest BCUT2D eigenvalue weighted by molar-refractivity contribution is -0.0216. The average molecular weight is 258 g/mol. The minimum absolute atomic E-state index is 0.0286. The summed E-state index contributed by atoms with van der Waals surface area (Å²) in [5, 5.41) is 28.2. The third-order valence-electron chi connectivity index (χ3n) is 2.96. The highest BCUT2D eigenvalue weighted by molar-refractivity contribution is 5.07. The molecule has 1 aromatic heterocycles. The van der Waals surface area contributed by atoms with Crippen molar-refractivity contribution >= 4 is 0 Å². The molecule has 18 heavy (non-hydrogen) atoms. The Hall–Kier alpha value is -1.48. The zero-order valence-electron chi connectivity index (χ0n) is 9.37. The third kappa shape index (κ3) is 2.36. The summed E-state index contributed by atoms with van der Waals surface area (Å²) in [6, 6.07) is 0. The first kappa shape index (κ1) is 13.0. The van der Waals surface area contributed by atoms with Crippen LogP contribution in [0, 0.1) is 0 Å². The SMILES string of the molecule is O=c1[nH]cc(CC2O[C@H](CO)[C@@H](O)[C@H]2O)c(=O)[nH]1. The molecule has 0 spiro atoms. The molecule has 1 saturated heterocycles. The van der Waals surface area contributed by atoms with Crippen molar-refractivity contribution in [2.45, 2.75) is 30.8 Å². The second kappa shape index (κ2) is 5.02. The quantitative estimate of drug-likeness (QED) is 0.394. The molecule has 100 valence electrons. The summed E-state index contributed by atoms with van der Waals surface area (Å²) in [5.74, 6) is 0. The van der Waals surface area contributed by atoms with E-state index in [1.165, 1.54) is 6.20 Å². The molecule has 8 nitrogen and oxygen atoms in total. The van der Waals surface area contributed by atoms with Crippen LogP contribution in [-0.2, 0) is 11.2 Å². The number of hydrogen-bond acceptors (Lipinski definition) is 6. The first-order valence-electron chi connectivity index (χ1n) is 5.46. The Morgan fingerprint density at radius 2 is 1.89 bits per heavy atom. The summed E-state index contributed by atoms with van der Waals surface area (Å²) in [7, 11) is 0. The first-order valence-corrected chi connectivity index (χ1v) is 5.46. The molecule has 1 aliphatic heterocycles. The number of aliphatic hydroxyl groups excluding tert-OH is 3. The van der Waals surface area contributed by atoms with Gasteiger partial charge in [-0.15, -0.1) is 0 Å². The van der Waals surface area contributed by atoms with Crippen LogP contribution in [0.5, 0.6) is 0 Å². The van der Waals surface area contributed by atoms with Gasteiger partial charge in [-0.05, 0) is 0 Å². The summed E-state index contributed by atoms with van der Waals surface area (Å²) in [5.41, 5.74) is -0.967. The molecule has 1 aromatic rings. The Labute approximate surface area is 101 Å². The minimum atomic E-state index is -1.19. The van der Waals surface area contributed by atoms with Gasteiger partial charge in [-0.3, -0.25) is 9.78 Å². The van der Waals surface area contributed by atoms with Gasteiger partial charge in [-0.25, -0.2) is 4.79 Å². The standard InChI is InChI=1S/C10H14N2O6/c13-3-6-8(15)7(14)5(18-6)1-4-2-11-10(17)12-9(4)16/h2,5-8,13-15H,1,3H2,(H2,11,12,16,17)/t5?,6-,7+,8-/m1/s1. The third-order valence-corrected chi connectivity index (χ3v) is 2.96. The van der Waals surface area contributed by atoms with E-state index in [0.717, 1.165) is 0 Å². The summed E-state index contributed by atoms with van der Waals surface area (Å²) in [6.45, 7) is -0.420. The molecular weight excluding hydrogens is 244 g/mol. The van der Waals surface area contributed by atoms with Crippen molar-refractivity contribution in [2.24, 2.45) is 0 Å². The molecule has 8 heteroatoms. The van der Waals surface area contributed by atoms with Gasteiger partial charge in [0.25, 0.3) is 5.56 Å². The van der Waals surface area contributed by atoms with Crippen LogP contribution in [0.1, 0.15) is 5.56 Å². The molecule has 2 rings (SSSR count). The molecule has 2 heterocycles. The fourth-order valence-corrected chi connectivity index (χ4v) is 1.95. The molecule has 4 atom stereocenters. The largest absolute Gasteiger partial charge is 0.394 e. The molecule has 0 aromatic carbocycles. The van der Waals surface area contributed by atoms with E-state index in [9.17, 15) is 19.8 Å². The van der Waals surface area contributed by atoms with Gasteiger partial charge >= 0.3 is 5.69 Å². The number of aromatic nitrogens is 2. The number of H-pyrrole nitrogens is 2. The zero-order valence-corrected chi connectivity index (χ0v) is 9.37. The molecule has 0 aliphatic carbocycles. The normalized spacial score (nSPS) is 31.7. The van der Waals surface area contributed by atoms with E-state index in [1.54, 1.807) is 0 Å².